The number of aromatic nitrogens is 1. The Bertz CT molecular complexity index is 917. The molecule has 0 aliphatic rings. The molecule has 5 nitrogen and oxygen atoms in total. The van der Waals surface area contributed by atoms with Gasteiger partial charge in [-0.1, -0.05) is 23.7 Å². The monoisotopic (exact) mass is 380 g/mol. The van der Waals surface area contributed by atoms with E-state index in [1.807, 2.05) is 18.2 Å². The third-order valence-corrected chi connectivity index (χ3v) is 4.01. The van der Waals surface area contributed by atoms with Crippen molar-refractivity contribution in [3.05, 3.63) is 62.5 Å². The number of benzene rings is 2. The van der Waals surface area contributed by atoms with Gasteiger partial charge < -0.3 is 9.73 Å². The van der Waals surface area contributed by atoms with E-state index in [1.54, 1.807) is 24.3 Å². The number of halogens is 2. The second-order valence-electron chi connectivity index (χ2n) is 4.59. The van der Waals surface area contributed by atoms with Gasteiger partial charge in [-0.3, -0.25) is 9.36 Å². The highest BCUT2D eigenvalue weighted by Crippen LogP contribution is 2.22. The van der Waals surface area contributed by atoms with E-state index in [0.29, 0.717) is 21.8 Å². The van der Waals surface area contributed by atoms with Crippen molar-refractivity contribution >= 4 is 50.2 Å². The third kappa shape index (κ3) is 2.93. The van der Waals surface area contributed by atoms with E-state index in [1.165, 1.54) is 4.57 Å². The summed E-state index contributed by atoms with van der Waals surface area (Å²) in [7, 11) is 0. The topological polar surface area (TPSA) is 64.2 Å². The molecule has 0 unspecified atom stereocenters. The Labute approximate surface area is 138 Å². The molecule has 112 valence electrons. The van der Waals surface area contributed by atoms with Gasteiger partial charge in [0.1, 0.15) is 6.54 Å². The van der Waals surface area contributed by atoms with Gasteiger partial charge in [-0.25, -0.2) is 4.79 Å². The zero-order valence-corrected chi connectivity index (χ0v) is 13.5. The van der Waals surface area contributed by atoms with Crippen molar-refractivity contribution in [3.8, 4) is 0 Å². The predicted molar refractivity (Wildman–Crippen MR) is 88.3 cm³/mol. The lowest BCUT2D eigenvalue weighted by atomic mass is 10.3. The van der Waals surface area contributed by atoms with E-state index in [-0.39, 0.29) is 12.5 Å². The van der Waals surface area contributed by atoms with Crippen LogP contribution in [0.1, 0.15) is 0 Å². The number of carbonyl (C=O) groups is 1. The van der Waals surface area contributed by atoms with E-state index in [4.69, 9.17) is 16.0 Å². The van der Waals surface area contributed by atoms with Crippen LogP contribution in [0.2, 0.25) is 5.02 Å². The summed E-state index contributed by atoms with van der Waals surface area (Å²) < 4.78 is 7.11. The number of fused-ring (bicyclic) bond motifs is 1. The average molecular weight is 382 g/mol. The zero-order chi connectivity index (χ0) is 15.7. The zero-order valence-electron chi connectivity index (χ0n) is 11.2. The summed E-state index contributed by atoms with van der Waals surface area (Å²) in [5, 5.41) is 3.20. The lowest BCUT2D eigenvalue weighted by Gasteiger charge is -2.07. The number of hydrogen-bond acceptors (Lipinski definition) is 3. The van der Waals surface area contributed by atoms with Crippen LogP contribution in [0.3, 0.4) is 0 Å². The van der Waals surface area contributed by atoms with Gasteiger partial charge >= 0.3 is 5.76 Å². The summed E-state index contributed by atoms with van der Waals surface area (Å²) in [5.74, 6) is -0.925. The molecular weight excluding hydrogens is 372 g/mol. The van der Waals surface area contributed by atoms with E-state index in [0.717, 1.165) is 4.47 Å². The van der Waals surface area contributed by atoms with Crippen molar-refractivity contribution in [2.24, 2.45) is 0 Å². The van der Waals surface area contributed by atoms with Crippen LogP contribution in [-0.4, -0.2) is 10.5 Å². The number of rotatable bonds is 3. The van der Waals surface area contributed by atoms with Gasteiger partial charge in [0.2, 0.25) is 5.91 Å². The van der Waals surface area contributed by atoms with E-state index in [2.05, 4.69) is 21.2 Å². The molecule has 0 aliphatic carbocycles. The van der Waals surface area contributed by atoms with E-state index < -0.39 is 5.76 Å². The van der Waals surface area contributed by atoms with Crippen molar-refractivity contribution in [3.63, 3.8) is 0 Å². The molecule has 22 heavy (non-hydrogen) atoms. The number of para-hydroxylation sites is 1. The molecule has 1 aromatic heterocycles. The number of nitrogens with zero attached hydrogens (tertiary/aromatic N) is 1. The first kappa shape index (κ1) is 14.9. The van der Waals surface area contributed by atoms with Crippen molar-refractivity contribution in [2.45, 2.75) is 6.54 Å². The summed E-state index contributed by atoms with van der Waals surface area (Å²) in [6, 6.07) is 12.1. The minimum absolute atomic E-state index is 0.144. The summed E-state index contributed by atoms with van der Waals surface area (Å²) in [4.78, 5) is 24.0. The summed E-state index contributed by atoms with van der Waals surface area (Å²) in [6.07, 6.45) is 0. The van der Waals surface area contributed by atoms with Crippen molar-refractivity contribution in [2.75, 3.05) is 5.32 Å². The normalized spacial score (nSPS) is 10.8. The first-order valence-electron chi connectivity index (χ1n) is 6.38. The molecule has 0 aliphatic heterocycles. The number of oxazole rings is 1. The molecule has 0 saturated carbocycles. The minimum Gasteiger partial charge on any atom is -0.408 e. The van der Waals surface area contributed by atoms with Gasteiger partial charge in [-0.15, -0.1) is 0 Å². The van der Waals surface area contributed by atoms with Crippen LogP contribution in [0.25, 0.3) is 11.1 Å². The lowest BCUT2D eigenvalue weighted by Crippen LogP contribution is -2.24. The summed E-state index contributed by atoms with van der Waals surface area (Å²) >= 11 is 9.20. The Morgan fingerprint density at radius 3 is 2.82 bits per heavy atom. The third-order valence-electron chi connectivity index (χ3n) is 3.08. The van der Waals surface area contributed by atoms with Crippen LogP contribution in [-0.2, 0) is 11.3 Å². The molecule has 7 heteroatoms. The molecule has 1 N–H and O–H groups in total. The Hall–Kier alpha value is -2.05. The second kappa shape index (κ2) is 5.98. The number of hydrogen-bond donors (Lipinski definition) is 1. The molecule has 0 fully saturated rings. The van der Waals surface area contributed by atoms with Crippen LogP contribution in [0.5, 0.6) is 0 Å². The van der Waals surface area contributed by atoms with Gasteiger partial charge in [0.05, 0.1) is 11.2 Å². The van der Waals surface area contributed by atoms with Gasteiger partial charge in [0, 0.05) is 15.6 Å². The van der Waals surface area contributed by atoms with Gasteiger partial charge in [-0.05, 0) is 40.2 Å². The average Bonchev–Trinajstić information content (AvgIpc) is 2.77. The quantitative estimate of drug-likeness (QED) is 0.753. The smallest absolute Gasteiger partial charge is 0.408 e. The number of carbonyl (C=O) groups excluding carboxylic acids is 1. The fourth-order valence-corrected chi connectivity index (χ4v) is 2.63. The first-order valence-corrected chi connectivity index (χ1v) is 7.55. The van der Waals surface area contributed by atoms with Gasteiger partial charge in [0.25, 0.3) is 0 Å². The molecule has 2 aromatic carbocycles. The second-order valence-corrected chi connectivity index (χ2v) is 5.88. The molecule has 0 radical (unpaired) electrons. The van der Waals surface area contributed by atoms with Crippen molar-refractivity contribution in [1.29, 1.82) is 0 Å². The maximum Gasteiger partial charge on any atom is 0.420 e. The van der Waals surface area contributed by atoms with Crippen LogP contribution >= 0.6 is 27.5 Å². The molecule has 0 atom stereocenters. The molecule has 3 aromatic rings. The Kier molecular flexibility index (Phi) is 4.04. The van der Waals surface area contributed by atoms with Gasteiger partial charge in [-0.2, -0.15) is 0 Å². The fraction of sp³-hybridized carbons (Fsp3) is 0.0667. The highest BCUT2D eigenvalue weighted by atomic mass is 79.9. The SMILES string of the molecule is O=C(Cn1c(=O)oc2cc(Cl)ccc21)Nc1ccccc1Br. The molecular formula is C15H10BrClN2O3. The lowest BCUT2D eigenvalue weighted by molar-refractivity contribution is -0.116. The molecule has 0 saturated heterocycles. The van der Waals surface area contributed by atoms with Crippen LogP contribution in [0.15, 0.2) is 56.1 Å². The van der Waals surface area contributed by atoms with E-state index >= 15 is 0 Å². The molecule has 1 amide bonds. The van der Waals surface area contributed by atoms with Crippen molar-refractivity contribution in [1.82, 2.24) is 4.57 Å². The van der Waals surface area contributed by atoms with Gasteiger partial charge in [0.15, 0.2) is 5.58 Å². The standard InChI is InChI=1S/C15H10BrClN2O3/c16-10-3-1-2-4-11(10)18-14(20)8-19-12-6-5-9(17)7-13(12)22-15(19)21/h1-7H,8H2,(H,18,20). The van der Waals surface area contributed by atoms with Crippen LogP contribution in [0.4, 0.5) is 5.69 Å². The predicted octanol–water partition coefficient (Wildman–Crippen LogP) is 3.65. The highest BCUT2D eigenvalue weighted by Gasteiger charge is 2.13. The Morgan fingerprint density at radius 1 is 1.27 bits per heavy atom. The summed E-state index contributed by atoms with van der Waals surface area (Å²) in [6.45, 7) is -0.144. The fourth-order valence-electron chi connectivity index (χ4n) is 2.09. The molecule has 0 bridgehead atoms. The van der Waals surface area contributed by atoms with Crippen molar-refractivity contribution < 1.29 is 9.21 Å². The Balaban J connectivity index is 1.87. The van der Waals surface area contributed by atoms with Crippen LogP contribution in [0, 0.1) is 0 Å². The molecule has 0 spiro atoms. The number of amides is 1. The van der Waals surface area contributed by atoms with Crippen LogP contribution < -0.4 is 11.1 Å². The Morgan fingerprint density at radius 2 is 2.05 bits per heavy atom. The molecule has 1 heterocycles. The van der Waals surface area contributed by atoms with E-state index in [9.17, 15) is 9.59 Å². The minimum atomic E-state index is -0.598. The maximum absolute atomic E-state index is 12.1. The summed E-state index contributed by atoms with van der Waals surface area (Å²) in [5.41, 5.74) is 1.51. The largest absolute Gasteiger partial charge is 0.420 e. The number of anilines is 1. The highest BCUT2D eigenvalue weighted by molar-refractivity contribution is 9.10. The first-order chi connectivity index (χ1) is 10.5. The molecule has 3 rings (SSSR count). The maximum atomic E-state index is 12.1. The number of nitrogens with one attached hydrogen (secondary N) is 1.